The predicted molar refractivity (Wildman–Crippen MR) is 92.4 cm³/mol. The third kappa shape index (κ3) is 26.5. The van der Waals surface area contributed by atoms with Gasteiger partial charge < -0.3 is 5.11 Å². The molecule has 0 fully saturated rings. The van der Waals surface area contributed by atoms with E-state index in [2.05, 4.69) is 51.2 Å². The van der Waals surface area contributed by atoms with Gasteiger partial charge in [0.15, 0.2) is 0 Å². The maximum atomic E-state index is 7.00. The van der Waals surface area contributed by atoms with Gasteiger partial charge in [0, 0.05) is 7.11 Å². The first-order valence-electron chi connectivity index (χ1n) is 6.38. The molecule has 0 unspecified atom stereocenters. The van der Waals surface area contributed by atoms with Crippen molar-refractivity contribution in [2.75, 3.05) is 7.11 Å². The fourth-order valence-corrected chi connectivity index (χ4v) is 6.87. The summed E-state index contributed by atoms with van der Waals surface area (Å²) < 4.78 is 1.71. The van der Waals surface area contributed by atoms with Crippen LogP contribution in [-0.2, 0) is 17.4 Å². The van der Waals surface area contributed by atoms with Crippen LogP contribution in [0.1, 0.15) is 26.7 Å². The standard InChI is InChI=1S/2C5H5.C3H6.C2H6Si.CH4O.ClH.Ti/c2*1-2-4-5-3-1;2*1-3-2;1-2;;/h2*1-3H,4H2;2*1-2H3;2H,1H3;1H;/q2*-1;;;;;. The van der Waals surface area contributed by atoms with Crippen molar-refractivity contribution < 1.29 is 22.5 Å². The molecule has 1 nitrogen and oxygen atoms in total. The molecule has 2 aliphatic carbocycles. The Kier molecular flexibility index (Phi) is 26.6. The van der Waals surface area contributed by atoms with E-state index in [1.54, 1.807) is 3.81 Å². The smallest absolute Gasteiger partial charge is 0.109 e. The Balaban J connectivity index is -0.000000201. The number of allylic oxidation sites excluding steroid dienone is 8. The summed E-state index contributed by atoms with van der Waals surface area (Å²) in [6.45, 7) is 9.32. The molecule has 0 amide bonds. The minimum atomic E-state index is 0. The van der Waals surface area contributed by atoms with Crippen molar-refractivity contribution in [3.8, 4) is 0 Å². The Morgan fingerprint density at radius 3 is 1.45 bits per heavy atom. The first kappa shape index (κ1) is 25.0. The topological polar surface area (TPSA) is 20.2 Å². The molecule has 0 atom stereocenters. The van der Waals surface area contributed by atoms with Gasteiger partial charge in [0.05, 0.1) is 0 Å². The predicted octanol–water partition coefficient (Wildman–Crippen LogP) is 4.17. The first-order chi connectivity index (χ1) is 9.13. The Bertz CT molecular complexity index is 327. The van der Waals surface area contributed by atoms with Gasteiger partial charge in [-0.25, -0.2) is 24.3 Å². The number of hydrogen-bond donors (Lipinski definition) is 1. The van der Waals surface area contributed by atoms with Crippen molar-refractivity contribution in [3.63, 3.8) is 0 Å². The molecule has 0 aliphatic heterocycles. The van der Waals surface area contributed by atoms with E-state index in [1.807, 2.05) is 24.3 Å². The van der Waals surface area contributed by atoms with Gasteiger partial charge in [0.1, 0.15) is 0 Å². The molecule has 2 rings (SSSR count). The van der Waals surface area contributed by atoms with Crippen LogP contribution < -0.4 is 0 Å². The molecule has 2 aliphatic rings. The summed E-state index contributed by atoms with van der Waals surface area (Å²) in [7, 11) is 1.00. The molecule has 1 N–H and O–H groups in total. The van der Waals surface area contributed by atoms with E-state index in [-0.39, 0.29) is 18.6 Å². The molecule has 114 valence electrons. The van der Waals surface area contributed by atoms with Crippen LogP contribution in [0.2, 0.25) is 13.1 Å². The van der Waals surface area contributed by atoms with E-state index in [0.29, 0.717) is 17.4 Å². The molecule has 0 heterocycles. The Hall–Kier alpha value is 0.0112. The maximum Gasteiger partial charge on any atom is -0.109 e. The summed E-state index contributed by atoms with van der Waals surface area (Å²) in [5.74, 6) is 0. The Morgan fingerprint density at radius 2 is 1.40 bits per heavy atom. The van der Waals surface area contributed by atoms with Gasteiger partial charge in [0.2, 0.25) is 0 Å². The van der Waals surface area contributed by atoms with E-state index < -0.39 is 0 Å². The minimum Gasteiger partial charge on any atom is -0.273 e. The fraction of sp³-hybridized carbons (Fsp3) is 0.438. The van der Waals surface area contributed by atoms with Crippen LogP contribution in [0.4, 0.5) is 0 Å². The normalized spacial score (nSPS) is 11.7. The van der Waals surface area contributed by atoms with Crippen LogP contribution in [0.25, 0.3) is 0 Å². The van der Waals surface area contributed by atoms with Crippen molar-refractivity contribution in [2.24, 2.45) is 0 Å². The van der Waals surface area contributed by atoms with E-state index >= 15 is 0 Å². The van der Waals surface area contributed by atoms with Crippen LogP contribution >= 0.6 is 12.4 Å². The SMILES string of the molecule is CO.C[C](C)=[Ti]=[Si](C)C.Cl.[C-]1=CC=CC1.[C-]1=CC=CC1. The molecule has 0 aromatic rings. The quantitative estimate of drug-likeness (QED) is 0.515. The van der Waals surface area contributed by atoms with Crippen molar-refractivity contribution in [1.29, 1.82) is 0 Å². The van der Waals surface area contributed by atoms with E-state index in [1.165, 1.54) is 0 Å². The van der Waals surface area contributed by atoms with Gasteiger partial charge in [0.25, 0.3) is 0 Å². The van der Waals surface area contributed by atoms with Crippen molar-refractivity contribution in [1.82, 2.24) is 0 Å². The van der Waals surface area contributed by atoms with Gasteiger partial charge in [-0.3, -0.25) is 12.2 Å². The molecule has 4 heteroatoms. The fourth-order valence-electron chi connectivity index (χ4n) is 1.18. The van der Waals surface area contributed by atoms with Gasteiger partial charge in [-0.2, -0.15) is 12.2 Å². The van der Waals surface area contributed by atoms with Crippen molar-refractivity contribution in [3.05, 3.63) is 48.6 Å². The number of aliphatic hydroxyl groups is 1. The van der Waals surface area contributed by atoms with Crippen LogP contribution in [-0.4, -0.2) is 22.2 Å². The van der Waals surface area contributed by atoms with E-state index in [4.69, 9.17) is 5.11 Å². The van der Waals surface area contributed by atoms with Crippen LogP contribution in [0.15, 0.2) is 36.5 Å². The number of hydrogen-bond acceptors (Lipinski definition) is 1. The molecule has 0 aromatic carbocycles. The summed E-state index contributed by atoms with van der Waals surface area (Å²) in [6.07, 6.45) is 20.2. The molecule has 0 radical (unpaired) electrons. The molecule has 0 aromatic heterocycles. The first-order valence-corrected chi connectivity index (χ1v) is 12.0. The number of aliphatic hydroxyl groups excluding tert-OH is 1. The summed E-state index contributed by atoms with van der Waals surface area (Å²) in [6, 6.07) is 0. The van der Waals surface area contributed by atoms with Gasteiger partial charge in [-0.1, -0.05) is 0 Å². The van der Waals surface area contributed by atoms with E-state index in [0.717, 1.165) is 20.0 Å². The Labute approximate surface area is 140 Å². The van der Waals surface area contributed by atoms with Gasteiger partial charge >= 0.3 is 54.4 Å². The summed E-state index contributed by atoms with van der Waals surface area (Å²) in [5.41, 5.74) is 0. The largest absolute Gasteiger partial charge is 0.273 e. The van der Waals surface area contributed by atoms with Gasteiger partial charge in [-0.15, -0.1) is 25.2 Å². The maximum absolute atomic E-state index is 7.00. The van der Waals surface area contributed by atoms with Gasteiger partial charge in [-0.05, 0) is 0 Å². The monoisotopic (exact) mass is 346 g/mol. The number of rotatable bonds is 0. The molecular weight excluding hydrogens is 320 g/mol. The molecule has 0 spiro atoms. The molecule has 0 saturated carbocycles. The summed E-state index contributed by atoms with van der Waals surface area (Å²) in [4.78, 5) is 0. The average molecular weight is 347 g/mol. The second kappa shape index (κ2) is 21.3. The van der Waals surface area contributed by atoms with Crippen LogP contribution in [0.5, 0.6) is 0 Å². The average Bonchev–Trinajstić information content (AvgIpc) is 3.09. The third-order valence-corrected chi connectivity index (χ3v) is 7.36. The van der Waals surface area contributed by atoms with Crippen LogP contribution in [0.3, 0.4) is 0 Å². The number of halogens is 1. The second-order valence-corrected chi connectivity index (χ2v) is 13.8. The third-order valence-electron chi connectivity index (χ3n) is 1.67. The zero-order valence-electron chi connectivity index (χ0n) is 13.2. The Morgan fingerprint density at radius 1 is 1.00 bits per heavy atom. The zero-order chi connectivity index (χ0) is 14.9. The van der Waals surface area contributed by atoms with Crippen LogP contribution in [0, 0.1) is 12.2 Å². The molecule has 20 heavy (non-hydrogen) atoms. The summed E-state index contributed by atoms with van der Waals surface area (Å²) in [5, 5.41) is 7.00. The minimum absolute atomic E-state index is 0. The second-order valence-electron chi connectivity index (χ2n) is 4.13. The van der Waals surface area contributed by atoms with Crippen molar-refractivity contribution >= 4 is 22.4 Å². The van der Waals surface area contributed by atoms with Crippen molar-refractivity contribution in [2.45, 2.75) is 39.8 Å². The molecule has 0 saturated heterocycles. The summed E-state index contributed by atoms with van der Waals surface area (Å²) >= 11 is 0.407. The molecular formula is C16H27ClOSiTi-2. The molecule has 0 bridgehead atoms. The van der Waals surface area contributed by atoms with E-state index in [9.17, 15) is 0 Å². The zero-order valence-corrected chi connectivity index (χ0v) is 16.6.